The van der Waals surface area contributed by atoms with E-state index in [0.717, 1.165) is 10.4 Å². The summed E-state index contributed by atoms with van der Waals surface area (Å²) in [5.74, 6) is 2.57. The van der Waals surface area contributed by atoms with Gasteiger partial charge in [0.25, 0.3) is 0 Å². The first-order chi connectivity index (χ1) is 14.4. The summed E-state index contributed by atoms with van der Waals surface area (Å²) < 4.78 is 31.7. The Bertz CT molecular complexity index is 1240. The number of halogens is 1. The Morgan fingerprint density at radius 1 is 1.17 bits per heavy atom. The van der Waals surface area contributed by atoms with Gasteiger partial charge in [0.2, 0.25) is 15.7 Å². The number of hydrogen-bond acceptors (Lipinski definition) is 5. The van der Waals surface area contributed by atoms with Gasteiger partial charge in [0.15, 0.2) is 0 Å². The zero-order valence-corrected chi connectivity index (χ0v) is 18.0. The molecule has 0 spiro atoms. The van der Waals surface area contributed by atoms with Crippen LogP contribution in [-0.4, -0.2) is 20.9 Å². The van der Waals surface area contributed by atoms with Crippen molar-refractivity contribution in [1.82, 2.24) is 0 Å². The molecule has 0 saturated carbocycles. The van der Waals surface area contributed by atoms with Gasteiger partial charge < -0.3 is 10.1 Å². The van der Waals surface area contributed by atoms with Crippen LogP contribution in [0.25, 0.3) is 0 Å². The number of amides is 1. The number of carbonyl (C=O) groups is 1. The number of ether oxygens (including phenoxy) is 1. The number of anilines is 1. The van der Waals surface area contributed by atoms with Crippen LogP contribution in [0, 0.1) is 12.3 Å². The Balaban J connectivity index is 1.72. The minimum atomic E-state index is -3.80. The third-order valence-electron chi connectivity index (χ3n) is 4.77. The van der Waals surface area contributed by atoms with Crippen LogP contribution in [0.15, 0.2) is 63.7 Å². The number of nitrogens with one attached hydrogen (secondary N) is 1. The zero-order chi connectivity index (χ0) is 21.3. The molecule has 5 nitrogen and oxygen atoms in total. The number of hydrogen-bond donors (Lipinski definition) is 1. The van der Waals surface area contributed by atoms with Crippen molar-refractivity contribution in [3.8, 4) is 18.1 Å². The second-order valence-corrected chi connectivity index (χ2v) is 9.93. The molecule has 2 aromatic carbocycles. The second-order valence-electron chi connectivity index (χ2n) is 6.66. The van der Waals surface area contributed by atoms with Gasteiger partial charge in [-0.2, -0.15) is 0 Å². The smallest absolute Gasteiger partial charge is 0.225 e. The first kappa shape index (κ1) is 20.5. The second kappa shape index (κ2) is 8.15. The molecule has 0 fully saturated rings. The van der Waals surface area contributed by atoms with E-state index in [2.05, 4.69) is 11.2 Å². The molecular weight excluding hydrogens is 442 g/mol. The maximum atomic E-state index is 13.2. The van der Waals surface area contributed by atoms with E-state index in [1.165, 1.54) is 35.6 Å². The van der Waals surface area contributed by atoms with Crippen LogP contribution < -0.4 is 10.1 Å². The van der Waals surface area contributed by atoms with Crippen molar-refractivity contribution in [1.29, 1.82) is 0 Å². The molecule has 1 aliphatic heterocycles. The Morgan fingerprint density at radius 2 is 1.87 bits per heavy atom. The fourth-order valence-electron chi connectivity index (χ4n) is 3.33. The molecule has 0 bridgehead atoms. The van der Waals surface area contributed by atoms with E-state index < -0.39 is 9.84 Å². The first-order valence-electron chi connectivity index (χ1n) is 8.98. The lowest BCUT2D eigenvalue weighted by molar-refractivity contribution is -0.116. The lowest BCUT2D eigenvalue weighted by atomic mass is 9.90. The largest absolute Gasteiger partial charge is 0.481 e. The van der Waals surface area contributed by atoms with E-state index in [-0.39, 0.29) is 34.6 Å². The number of terminal acetylenes is 1. The number of benzene rings is 2. The van der Waals surface area contributed by atoms with Gasteiger partial charge in [-0.15, -0.1) is 17.8 Å². The minimum absolute atomic E-state index is 0.0943. The summed E-state index contributed by atoms with van der Waals surface area (Å²) in [5.41, 5.74) is 1.25. The fourth-order valence-corrected chi connectivity index (χ4v) is 6.37. The maximum Gasteiger partial charge on any atom is 0.225 e. The number of sulfone groups is 1. The topological polar surface area (TPSA) is 72.5 Å². The van der Waals surface area contributed by atoms with Gasteiger partial charge in [0.05, 0.1) is 10.6 Å². The lowest BCUT2D eigenvalue weighted by Crippen LogP contribution is -2.23. The highest BCUT2D eigenvalue weighted by molar-refractivity contribution is 7.91. The van der Waals surface area contributed by atoms with Crippen molar-refractivity contribution >= 4 is 44.4 Å². The van der Waals surface area contributed by atoms with Crippen LogP contribution in [0.5, 0.6) is 5.75 Å². The summed E-state index contributed by atoms with van der Waals surface area (Å²) in [5, 5.41) is 4.78. The highest BCUT2D eigenvalue weighted by Gasteiger charge is 2.34. The third kappa shape index (κ3) is 3.82. The monoisotopic (exact) mass is 457 g/mol. The molecule has 0 radical (unpaired) electrons. The molecule has 0 saturated heterocycles. The number of thiophene rings is 1. The highest BCUT2D eigenvalue weighted by atomic mass is 35.5. The quantitative estimate of drug-likeness (QED) is 0.562. The highest BCUT2D eigenvalue weighted by Crippen LogP contribution is 2.46. The average Bonchev–Trinajstić information content (AvgIpc) is 3.17. The number of rotatable bonds is 5. The molecule has 1 unspecified atom stereocenters. The summed E-state index contributed by atoms with van der Waals surface area (Å²) >= 11 is 7.20. The molecule has 4 rings (SSSR count). The Labute approximate surface area is 183 Å². The predicted octanol–water partition coefficient (Wildman–Crippen LogP) is 4.72. The van der Waals surface area contributed by atoms with Gasteiger partial charge >= 0.3 is 0 Å². The number of fused-ring (bicyclic) bond motifs is 1. The molecule has 8 heteroatoms. The van der Waals surface area contributed by atoms with Crippen molar-refractivity contribution in [2.45, 2.75) is 22.1 Å². The summed E-state index contributed by atoms with van der Waals surface area (Å²) in [6.07, 6.45) is 5.44. The summed E-state index contributed by atoms with van der Waals surface area (Å²) in [6.45, 7) is 0.173. The van der Waals surface area contributed by atoms with Crippen LogP contribution in [0.3, 0.4) is 0 Å². The summed E-state index contributed by atoms with van der Waals surface area (Å²) in [4.78, 5) is 13.4. The van der Waals surface area contributed by atoms with E-state index in [9.17, 15) is 13.2 Å². The SMILES string of the molecule is C#CCOc1ccc(C2CC(=O)Nc3c(S(=O)(=O)c4ccc(Cl)cc4)csc32)cc1. The minimum Gasteiger partial charge on any atom is -0.481 e. The van der Waals surface area contributed by atoms with Crippen LogP contribution in [0.2, 0.25) is 5.02 Å². The summed E-state index contributed by atoms with van der Waals surface area (Å²) in [6, 6.07) is 13.3. The van der Waals surface area contributed by atoms with Crippen LogP contribution in [0.1, 0.15) is 22.8 Å². The van der Waals surface area contributed by atoms with Crippen LogP contribution in [0.4, 0.5) is 5.69 Å². The zero-order valence-electron chi connectivity index (χ0n) is 15.6. The molecule has 152 valence electrons. The fraction of sp³-hybridized carbons (Fsp3) is 0.136. The molecule has 0 aliphatic carbocycles. The van der Waals surface area contributed by atoms with Crippen molar-refractivity contribution in [2.24, 2.45) is 0 Å². The van der Waals surface area contributed by atoms with E-state index >= 15 is 0 Å². The third-order valence-corrected chi connectivity index (χ3v) is 8.07. The Kier molecular flexibility index (Phi) is 5.56. The van der Waals surface area contributed by atoms with E-state index in [1.54, 1.807) is 17.5 Å². The van der Waals surface area contributed by atoms with Gasteiger partial charge in [-0.1, -0.05) is 29.7 Å². The number of carbonyl (C=O) groups excluding carboxylic acids is 1. The van der Waals surface area contributed by atoms with Crippen molar-refractivity contribution in [3.63, 3.8) is 0 Å². The van der Waals surface area contributed by atoms with Gasteiger partial charge in [-0.3, -0.25) is 4.79 Å². The molecule has 1 amide bonds. The molecule has 2 heterocycles. The molecule has 1 atom stereocenters. The van der Waals surface area contributed by atoms with Crippen molar-refractivity contribution < 1.29 is 17.9 Å². The Morgan fingerprint density at radius 3 is 2.53 bits per heavy atom. The first-order valence-corrected chi connectivity index (χ1v) is 11.7. The average molecular weight is 458 g/mol. The molecule has 1 aromatic heterocycles. The Hall–Kier alpha value is -2.79. The lowest BCUT2D eigenvalue weighted by Gasteiger charge is -2.24. The van der Waals surface area contributed by atoms with Gasteiger partial charge in [0, 0.05) is 27.6 Å². The molecule has 1 N–H and O–H groups in total. The summed E-state index contributed by atoms with van der Waals surface area (Å²) in [7, 11) is -3.80. The standard InChI is InChI=1S/C22H16ClNO4S2/c1-2-11-28-16-7-3-14(4-8-16)18-12-20(25)24-21-19(13-29-22(18)21)30(26,27)17-9-5-15(23)6-10-17/h1,3-10,13,18H,11-12H2,(H,24,25). The molecule has 3 aromatic rings. The normalized spacial score (nSPS) is 15.7. The van der Waals surface area contributed by atoms with E-state index in [4.69, 9.17) is 22.8 Å². The van der Waals surface area contributed by atoms with Gasteiger partial charge in [-0.25, -0.2) is 8.42 Å². The van der Waals surface area contributed by atoms with Crippen LogP contribution >= 0.6 is 22.9 Å². The molecule has 1 aliphatic rings. The molecular formula is C22H16ClNO4S2. The van der Waals surface area contributed by atoms with E-state index in [1.807, 2.05) is 12.1 Å². The van der Waals surface area contributed by atoms with Crippen LogP contribution in [-0.2, 0) is 14.6 Å². The maximum absolute atomic E-state index is 13.2. The van der Waals surface area contributed by atoms with Crippen molar-refractivity contribution in [2.75, 3.05) is 11.9 Å². The van der Waals surface area contributed by atoms with Gasteiger partial charge in [-0.05, 0) is 42.0 Å². The van der Waals surface area contributed by atoms with Crippen molar-refractivity contribution in [3.05, 3.63) is 69.4 Å². The molecule has 30 heavy (non-hydrogen) atoms. The van der Waals surface area contributed by atoms with Gasteiger partial charge in [0.1, 0.15) is 17.3 Å². The predicted molar refractivity (Wildman–Crippen MR) is 117 cm³/mol. The van der Waals surface area contributed by atoms with E-state index in [0.29, 0.717) is 16.5 Å².